The standard InChI is InChI=1S/C17H23N5O8S/c1-16(2,11-20-8-4-3-5-9-20)17(13(23)18-19-14(24)25)7-6-12-10-21(17)15(26)22(12)30-31(27,28)29/h3-5,8-9,12,19H,6-7,10-11H2,1-2H3,(H2-,18,23,24,25,27,28,29)/p+1. The van der Waals surface area contributed by atoms with Crippen molar-refractivity contribution in [1.29, 1.82) is 0 Å². The molecule has 2 saturated heterocycles. The first-order valence-corrected chi connectivity index (χ1v) is 10.8. The highest BCUT2D eigenvalue weighted by Crippen LogP contribution is 2.47. The molecule has 13 nitrogen and oxygen atoms in total. The molecule has 3 rings (SSSR count). The Morgan fingerprint density at radius 2 is 1.94 bits per heavy atom. The van der Waals surface area contributed by atoms with Crippen LogP contribution in [0.5, 0.6) is 0 Å². The molecule has 4 amide bonds. The van der Waals surface area contributed by atoms with Crippen molar-refractivity contribution in [2.24, 2.45) is 5.41 Å². The number of carbonyl (C=O) groups is 3. The van der Waals surface area contributed by atoms with Crippen molar-refractivity contribution in [2.75, 3.05) is 6.54 Å². The number of hydrogen-bond acceptors (Lipinski definition) is 6. The number of rotatable bonds is 6. The van der Waals surface area contributed by atoms with Crippen molar-refractivity contribution in [2.45, 2.75) is 44.8 Å². The molecule has 14 heteroatoms. The molecule has 0 spiro atoms. The predicted octanol–water partition coefficient (Wildman–Crippen LogP) is -0.328. The van der Waals surface area contributed by atoms with E-state index in [-0.39, 0.29) is 25.9 Å². The summed E-state index contributed by atoms with van der Waals surface area (Å²) in [5, 5.41) is 9.44. The number of carboxylic acid groups (broad SMARTS) is 1. The summed E-state index contributed by atoms with van der Waals surface area (Å²) in [7, 11) is -4.96. The number of nitrogens with zero attached hydrogens (tertiary/aromatic N) is 3. The lowest BCUT2D eigenvalue weighted by atomic mass is 9.66. The van der Waals surface area contributed by atoms with Gasteiger partial charge >= 0.3 is 22.5 Å². The molecule has 170 valence electrons. The summed E-state index contributed by atoms with van der Waals surface area (Å²) in [6.07, 6.45) is 2.36. The molecule has 1 aromatic rings. The van der Waals surface area contributed by atoms with Gasteiger partial charge in [0.15, 0.2) is 18.9 Å². The minimum Gasteiger partial charge on any atom is -0.464 e. The molecule has 2 aliphatic rings. The van der Waals surface area contributed by atoms with Crippen LogP contribution in [0.4, 0.5) is 9.59 Å². The fourth-order valence-corrected chi connectivity index (χ4v) is 4.85. The molecule has 2 bridgehead atoms. The first kappa shape index (κ1) is 22.7. The summed E-state index contributed by atoms with van der Waals surface area (Å²) < 4.78 is 37.7. The Labute approximate surface area is 178 Å². The Hall–Kier alpha value is -2.97. The molecule has 1 aromatic heterocycles. The van der Waals surface area contributed by atoms with Crippen molar-refractivity contribution in [3.05, 3.63) is 30.6 Å². The number of urea groups is 1. The van der Waals surface area contributed by atoms with Crippen molar-refractivity contribution in [3.63, 3.8) is 0 Å². The van der Waals surface area contributed by atoms with E-state index in [1.807, 2.05) is 16.1 Å². The normalized spacial score (nSPS) is 23.6. The van der Waals surface area contributed by atoms with E-state index in [1.54, 1.807) is 38.4 Å². The third kappa shape index (κ3) is 4.26. The molecule has 2 fully saturated rings. The van der Waals surface area contributed by atoms with Crippen LogP contribution in [0.2, 0.25) is 0 Å². The van der Waals surface area contributed by atoms with Crippen LogP contribution in [0.25, 0.3) is 0 Å². The molecule has 0 aromatic carbocycles. The smallest absolute Gasteiger partial charge is 0.423 e. The zero-order valence-corrected chi connectivity index (χ0v) is 17.7. The van der Waals surface area contributed by atoms with Crippen LogP contribution in [-0.4, -0.2) is 64.2 Å². The molecule has 4 N–H and O–H groups in total. The first-order valence-electron chi connectivity index (χ1n) is 9.39. The summed E-state index contributed by atoms with van der Waals surface area (Å²) in [6.45, 7) is 3.75. The first-order chi connectivity index (χ1) is 14.4. The molecule has 31 heavy (non-hydrogen) atoms. The van der Waals surface area contributed by atoms with E-state index in [1.165, 1.54) is 4.90 Å². The number of amides is 4. The van der Waals surface area contributed by atoms with Crippen molar-refractivity contribution in [1.82, 2.24) is 20.8 Å². The highest BCUT2D eigenvalue weighted by molar-refractivity contribution is 7.80. The molecule has 2 aliphatic heterocycles. The second kappa shape index (κ2) is 7.94. The Morgan fingerprint density at radius 1 is 1.29 bits per heavy atom. The maximum Gasteiger partial charge on any atom is 0.423 e. The number of hydrogen-bond donors (Lipinski definition) is 4. The van der Waals surface area contributed by atoms with Crippen molar-refractivity contribution in [3.8, 4) is 0 Å². The van der Waals surface area contributed by atoms with Crippen molar-refractivity contribution >= 4 is 28.4 Å². The van der Waals surface area contributed by atoms with Gasteiger partial charge in [0, 0.05) is 18.7 Å². The van der Waals surface area contributed by atoms with E-state index in [2.05, 4.69) is 9.71 Å². The number of pyridine rings is 1. The fraction of sp³-hybridized carbons (Fsp3) is 0.529. The number of hydroxylamine groups is 2. The molecular weight excluding hydrogens is 434 g/mol. The number of aromatic nitrogens is 1. The quantitative estimate of drug-likeness (QED) is 0.255. The molecular formula is C17H24N5O8S+. The van der Waals surface area contributed by atoms with Gasteiger partial charge in [-0.25, -0.2) is 19.6 Å². The Kier molecular flexibility index (Phi) is 5.82. The van der Waals surface area contributed by atoms with E-state index in [0.717, 1.165) is 0 Å². The van der Waals surface area contributed by atoms with Gasteiger partial charge in [-0.3, -0.25) is 14.8 Å². The SMILES string of the molecule is CC(C)(C[n+]1ccccc1)C1(C(=O)NNC(=O)O)CCC2CN1C(=O)N2OS(=O)(=O)O. The van der Waals surface area contributed by atoms with Gasteiger partial charge in [-0.15, -0.1) is 4.28 Å². The van der Waals surface area contributed by atoms with Gasteiger partial charge in [0.05, 0.1) is 11.5 Å². The van der Waals surface area contributed by atoms with Gasteiger partial charge in [-0.2, -0.15) is 13.5 Å². The zero-order valence-electron chi connectivity index (χ0n) is 16.9. The van der Waals surface area contributed by atoms with Gasteiger partial charge in [0.2, 0.25) is 0 Å². The van der Waals surface area contributed by atoms with Crippen LogP contribution in [0.1, 0.15) is 26.7 Å². The van der Waals surface area contributed by atoms with Crippen LogP contribution < -0.4 is 15.4 Å². The lowest BCUT2D eigenvalue weighted by Crippen LogP contribution is -2.71. The lowest BCUT2D eigenvalue weighted by molar-refractivity contribution is -0.710. The molecule has 0 aliphatic carbocycles. The third-order valence-corrected chi connectivity index (χ3v) is 6.10. The van der Waals surface area contributed by atoms with Gasteiger partial charge in [0.25, 0.3) is 5.91 Å². The molecule has 0 saturated carbocycles. The van der Waals surface area contributed by atoms with Crippen LogP contribution in [0, 0.1) is 5.41 Å². The minimum atomic E-state index is -4.96. The average Bonchev–Trinajstić information content (AvgIpc) is 2.91. The second-order valence-corrected chi connectivity index (χ2v) is 9.09. The molecule has 0 radical (unpaired) electrons. The van der Waals surface area contributed by atoms with E-state index >= 15 is 0 Å². The van der Waals surface area contributed by atoms with E-state index < -0.39 is 45.4 Å². The zero-order chi connectivity index (χ0) is 23.0. The largest absolute Gasteiger partial charge is 0.464 e. The van der Waals surface area contributed by atoms with Gasteiger partial charge in [0.1, 0.15) is 5.54 Å². The summed E-state index contributed by atoms with van der Waals surface area (Å²) in [5.74, 6) is -0.767. The minimum absolute atomic E-state index is 0.0439. The van der Waals surface area contributed by atoms with E-state index in [4.69, 9.17) is 9.66 Å². The topological polar surface area (TPSA) is 169 Å². The lowest BCUT2D eigenvalue weighted by Gasteiger charge is -2.50. The Morgan fingerprint density at radius 3 is 2.52 bits per heavy atom. The van der Waals surface area contributed by atoms with Crippen LogP contribution >= 0.6 is 0 Å². The molecule has 3 heterocycles. The van der Waals surface area contributed by atoms with E-state index in [0.29, 0.717) is 5.06 Å². The molecule has 2 atom stereocenters. The van der Waals surface area contributed by atoms with Gasteiger partial charge < -0.3 is 10.0 Å². The fourth-order valence-electron chi connectivity index (χ4n) is 4.46. The number of fused-ring (bicyclic) bond motifs is 2. The Bertz CT molecular complexity index is 985. The van der Waals surface area contributed by atoms with E-state index in [9.17, 15) is 22.8 Å². The highest BCUT2D eigenvalue weighted by Gasteiger charge is 2.65. The highest BCUT2D eigenvalue weighted by atomic mass is 32.3. The second-order valence-electron chi connectivity index (χ2n) is 8.09. The maximum absolute atomic E-state index is 13.3. The van der Waals surface area contributed by atoms with Crippen molar-refractivity contribution < 1.29 is 41.3 Å². The summed E-state index contributed by atoms with van der Waals surface area (Å²) in [6, 6.07) is 3.80. The van der Waals surface area contributed by atoms with Crippen LogP contribution in [-0.2, 0) is 26.0 Å². The summed E-state index contributed by atoms with van der Waals surface area (Å²) in [4.78, 5) is 38.5. The number of piperidine rings is 1. The Balaban J connectivity index is 2.02. The predicted molar refractivity (Wildman–Crippen MR) is 102 cm³/mol. The monoisotopic (exact) mass is 458 g/mol. The average molecular weight is 458 g/mol. The summed E-state index contributed by atoms with van der Waals surface area (Å²) in [5.41, 5.74) is 1.45. The number of nitrogens with one attached hydrogen (secondary N) is 2. The van der Waals surface area contributed by atoms with Gasteiger partial charge in [-0.05, 0) is 12.8 Å². The number of carbonyl (C=O) groups excluding carboxylic acids is 2. The van der Waals surface area contributed by atoms with Crippen LogP contribution in [0.3, 0.4) is 0 Å². The number of hydrazine groups is 1. The summed E-state index contributed by atoms with van der Waals surface area (Å²) >= 11 is 0. The van der Waals surface area contributed by atoms with Gasteiger partial charge in [-0.1, -0.05) is 19.9 Å². The molecule has 2 unspecified atom stereocenters. The van der Waals surface area contributed by atoms with Crippen LogP contribution in [0.15, 0.2) is 30.6 Å². The third-order valence-electron chi connectivity index (χ3n) is 5.75. The maximum atomic E-state index is 13.3.